The van der Waals surface area contributed by atoms with Crippen molar-refractivity contribution >= 4 is 5.97 Å². The van der Waals surface area contributed by atoms with Crippen molar-refractivity contribution < 1.29 is 169 Å². The molecule has 35 heteroatoms. The number of hydrogen-bond acceptors (Lipinski definition) is 34. The van der Waals surface area contributed by atoms with Crippen LogP contribution in [0.1, 0.15) is 34.1 Å². The summed E-state index contributed by atoms with van der Waals surface area (Å²) in [6.45, 7) is 0.105. The molecule has 16 unspecified atom stereocenters. The van der Waals surface area contributed by atoms with Crippen LogP contribution in [-0.4, -0.2) is 356 Å². The van der Waals surface area contributed by atoms with Crippen LogP contribution in [0.2, 0.25) is 0 Å². The number of carbonyl (C=O) groups is 1. The van der Waals surface area contributed by atoms with Gasteiger partial charge in [0.15, 0.2) is 31.5 Å². The molecular weight excluding hydrogens is 1150 g/mol. The molecule has 0 radical (unpaired) electrons. The van der Waals surface area contributed by atoms with Crippen LogP contribution in [-0.2, 0) is 66.4 Å². The van der Waals surface area contributed by atoms with E-state index >= 15 is 0 Å². The van der Waals surface area contributed by atoms with E-state index in [0.29, 0.717) is 0 Å². The van der Waals surface area contributed by atoms with Gasteiger partial charge >= 0.3 is 5.97 Å². The molecule has 490 valence electrons. The van der Waals surface area contributed by atoms with Gasteiger partial charge in [-0.3, -0.25) is 0 Å². The minimum atomic E-state index is -2.87. The molecule has 0 bridgehead atoms. The quantitative estimate of drug-likeness (QED) is 0.0479. The Labute approximate surface area is 479 Å². The molecular formula is C49H85NO34. The maximum atomic E-state index is 12.6. The van der Waals surface area contributed by atoms with E-state index < -0.39 is 278 Å². The molecule has 7 aliphatic heterocycles. The summed E-state index contributed by atoms with van der Waals surface area (Å²) < 4.78 is 75.8. The predicted molar refractivity (Wildman–Crippen MR) is 264 cm³/mol. The van der Waals surface area contributed by atoms with E-state index in [0.717, 1.165) is 0 Å². The van der Waals surface area contributed by atoms with E-state index in [9.17, 15) is 107 Å². The Kier molecular flexibility index (Phi) is 24.4. The van der Waals surface area contributed by atoms with Crippen molar-refractivity contribution in [3.05, 3.63) is 0 Å². The van der Waals surface area contributed by atoms with Gasteiger partial charge < -0.3 is 169 Å². The monoisotopic (exact) mass is 1230 g/mol. The average molecular weight is 1230 g/mol. The lowest BCUT2D eigenvalue weighted by Gasteiger charge is -2.49. The molecule has 7 heterocycles. The number of nitrogens with two attached hydrogens (primary N) is 1. The van der Waals surface area contributed by atoms with E-state index in [-0.39, 0.29) is 0 Å². The summed E-state index contributed by atoms with van der Waals surface area (Å²) in [7, 11) is 0. The summed E-state index contributed by atoms with van der Waals surface area (Å²) in [5.74, 6) is -7.48. The zero-order valence-electron chi connectivity index (χ0n) is 46.1. The van der Waals surface area contributed by atoms with Crippen LogP contribution in [0.5, 0.6) is 0 Å². The molecule has 22 N–H and O–H groups in total. The highest BCUT2D eigenvalue weighted by Crippen LogP contribution is 2.40. The summed E-state index contributed by atoms with van der Waals surface area (Å²) in [6.07, 6.45) is -53.8. The normalized spacial score (nSPS) is 51.3. The highest BCUT2D eigenvalue weighted by molar-refractivity contribution is 5.76. The maximum Gasteiger partial charge on any atom is 0.364 e. The second kappa shape index (κ2) is 29.4. The van der Waals surface area contributed by atoms with Crippen molar-refractivity contribution in [3.8, 4) is 0 Å². The van der Waals surface area contributed by atoms with E-state index in [2.05, 4.69) is 0 Å². The van der Waals surface area contributed by atoms with Gasteiger partial charge in [0.2, 0.25) is 0 Å². The number of aliphatic hydroxyl groups excluding tert-OH is 19. The fraction of sp³-hybridized carbons (Fsp3) is 0.980. The van der Waals surface area contributed by atoms with E-state index in [1.54, 1.807) is 13.8 Å². The molecule has 0 amide bonds. The Morgan fingerprint density at radius 2 is 0.893 bits per heavy atom. The Bertz CT molecular complexity index is 2040. The van der Waals surface area contributed by atoms with Crippen LogP contribution in [0, 0.1) is 17.8 Å². The fourth-order valence-electron chi connectivity index (χ4n) is 11.2. The van der Waals surface area contributed by atoms with Crippen molar-refractivity contribution in [2.75, 3.05) is 46.2 Å². The first-order valence-corrected chi connectivity index (χ1v) is 27.6. The second-order valence-electron chi connectivity index (χ2n) is 22.6. The lowest BCUT2D eigenvalue weighted by Crippen LogP contribution is -2.67. The summed E-state index contributed by atoms with van der Waals surface area (Å²) >= 11 is 0. The highest BCUT2D eigenvalue weighted by atomic mass is 16.8. The van der Waals surface area contributed by atoms with Gasteiger partial charge in [-0.2, -0.15) is 0 Å². The number of carboxylic acids is 1. The van der Waals surface area contributed by atoms with Gasteiger partial charge in [-0.05, 0) is 6.92 Å². The molecule has 7 aliphatic rings. The molecule has 0 spiro atoms. The third-order valence-corrected chi connectivity index (χ3v) is 17.0. The lowest BCUT2D eigenvalue weighted by molar-refractivity contribution is -0.385. The van der Waals surface area contributed by atoms with Crippen molar-refractivity contribution in [2.24, 2.45) is 23.5 Å². The second-order valence-corrected chi connectivity index (χ2v) is 22.6. The smallest absolute Gasteiger partial charge is 0.364 e. The molecule has 0 aliphatic carbocycles. The summed E-state index contributed by atoms with van der Waals surface area (Å²) in [4.78, 5) is 12.6. The van der Waals surface area contributed by atoms with E-state index in [4.69, 9.17) is 67.3 Å². The molecule has 0 aromatic carbocycles. The number of carboxylic acid groups (broad SMARTS) is 1. The SMILES string of the molecule is CC1C(O)[C@H](OC2OC(CO[C@]3(C(=O)O)C[C@@H](O)[C@@H](N)C(C(O)C(O)CO)O3)[C@H](O)[C@H](O)C2O)[C@H](CO)O[C@H]1O[C@@H]1C(O)[C@H](O)C(CO)O[C@@H]1OCC1O[C@@H](O[C@@H]2C(CO)O[C@@H](O[C@@H]3C(CO)O[C@@H](C)[C@@H](C)C3O)[C@@H](C)C2O)[C@H](O)C(O)[C@@H]1O. The number of rotatable bonds is 22. The molecule has 0 saturated carbocycles. The van der Waals surface area contributed by atoms with Gasteiger partial charge in [-0.25, -0.2) is 4.79 Å². The molecule has 35 nitrogen and oxygen atoms in total. The minimum Gasteiger partial charge on any atom is -0.477 e. The number of ether oxygens (including phenoxy) is 13. The predicted octanol–water partition coefficient (Wildman–Crippen LogP) is -12.2. The van der Waals surface area contributed by atoms with Crippen molar-refractivity contribution in [1.82, 2.24) is 0 Å². The van der Waals surface area contributed by atoms with E-state index in [1.165, 1.54) is 13.8 Å². The van der Waals surface area contributed by atoms with Crippen LogP contribution in [0.15, 0.2) is 0 Å². The molecule has 7 fully saturated rings. The molecule has 84 heavy (non-hydrogen) atoms. The zero-order valence-corrected chi connectivity index (χ0v) is 46.1. The van der Waals surface area contributed by atoms with Crippen LogP contribution >= 0.6 is 0 Å². The molecule has 36 atom stereocenters. The highest BCUT2D eigenvalue weighted by Gasteiger charge is 2.59. The van der Waals surface area contributed by atoms with Gasteiger partial charge in [0.25, 0.3) is 5.79 Å². The van der Waals surface area contributed by atoms with E-state index in [1.807, 2.05) is 0 Å². The molecule has 7 rings (SSSR count). The fourth-order valence-corrected chi connectivity index (χ4v) is 11.2. The molecule has 0 aromatic rings. The third kappa shape index (κ3) is 14.3. The standard InChI is InChI=1S/C49H85NO34/c1-13-16(4)74-20(8-53)38(26(13)58)80-43-14(2)27(59)39(21(9-54)76-43)81-45-36(68)33(65)31(63)23(78-45)11-72-47-42(35(67)30(62)19(7-52)75-47)83-44-15(3)28(60)40(22(10-55)77-44)82-46-37(69)34(66)32(64)24(79-46)12-73-49(48(70)71)5-17(56)25(50)41(84-49)29(61)18(57)6-51/h13-47,51-69H,5-12,50H2,1-4H3,(H,70,71)/t13-,14+,15?,16+,17-,18?,19?,20?,21?,22+,23?,24?,25-,26?,27?,28?,29?,30-,31-,32+,33?,34+,35?,36-,37?,38-,39-,40-,41?,42-,43+,44+,45+,46?,47+,49-/m1/s1. The van der Waals surface area contributed by atoms with Gasteiger partial charge in [0, 0.05) is 24.2 Å². The van der Waals surface area contributed by atoms with Gasteiger partial charge in [-0.1, -0.05) is 20.8 Å². The summed E-state index contributed by atoms with van der Waals surface area (Å²) in [5, 5.41) is 214. The Hall–Kier alpha value is -1.85. The maximum absolute atomic E-state index is 12.6. The first-order valence-electron chi connectivity index (χ1n) is 27.6. The first kappa shape index (κ1) is 69.6. The van der Waals surface area contributed by atoms with Crippen LogP contribution in [0.3, 0.4) is 0 Å². The zero-order chi connectivity index (χ0) is 62.1. The minimum absolute atomic E-state index is 0.438. The third-order valence-electron chi connectivity index (χ3n) is 17.0. The Balaban J connectivity index is 1.00. The topological polar surface area (TPSA) is 568 Å². The van der Waals surface area contributed by atoms with Gasteiger partial charge in [-0.15, -0.1) is 0 Å². The molecule has 7 saturated heterocycles. The summed E-state index contributed by atoms with van der Waals surface area (Å²) in [6, 6.07) is -1.51. The first-order chi connectivity index (χ1) is 39.6. The van der Waals surface area contributed by atoms with Crippen LogP contribution in [0.4, 0.5) is 0 Å². The lowest BCUT2D eigenvalue weighted by atomic mass is 9.88. The largest absolute Gasteiger partial charge is 0.477 e. The summed E-state index contributed by atoms with van der Waals surface area (Å²) in [5.41, 5.74) is 5.91. The number of hydrogen-bond donors (Lipinski definition) is 21. The van der Waals surface area contributed by atoms with Crippen molar-refractivity contribution in [2.45, 2.75) is 236 Å². The van der Waals surface area contributed by atoms with Crippen molar-refractivity contribution in [1.29, 1.82) is 0 Å². The van der Waals surface area contributed by atoms with Gasteiger partial charge in [0.1, 0.15) is 128 Å². The number of aliphatic carboxylic acids is 1. The Morgan fingerprint density at radius 1 is 0.488 bits per heavy atom. The average Bonchev–Trinajstić information content (AvgIpc) is 3.01. The van der Waals surface area contributed by atoms with Crippen molar-refractivity contribution in [3.63, 3.8) is 0 Å². The number of aliphatic hydroxyl groups is 19. The van der Waals surface area contributed by atoms with Crippen LogP contribution < -0.4 is 5.73 Å². The van der Waals surface area contributed by atoms with Crippen LogP contribution in [0.25, 0.3) is 0 Å². The molecule has 0 aromatic heterocycles. The van der Waals surface area contributed by atoms with Gasteiger partial charge in [0.05, 0.1) is 82.8 Å². The Morgan fingerprint density at radius 3 is 1.36 bits per heavy atom.